The van der Waals surface area contributed by atoms with Crippen LogP contribution in [0, 0.1) is 19.3 Å². The van der Waals surface area contributed by atoms with Gasteiger partial charge in [-0.2, -0.15) is 0 Å². The van der Waals surface area contributed by atoms with E-state index >= 15 is 0 Å². The molecular formula is C12H16N2O3S. The van der Waals surface area contributed by atoms with Gasteiger partial charge in [-0.3, -0.25) is 9.59 Å². The Morgan fingerprint density at radius 1 is 1.44 bits per heavy atom. The molecule has 1 saturated carbocycles. The number of amides is 1. The summed E-state index contributed by atoms with van der Waals surface area (Å²) in [6.45, 7) is 3.84. The first-order chi connectivity index (χ1) is 8.44. The average molecular weight is 268 g/mol. The Bertz CT molecular complexity index is 492. The first-order valence-corrected chi connectivity index (χ1v) is 6.72. The number of thiazole rings is 1. The van der Waals surface area contributed by atoms with Gasteiger partial charge >= 0.3 is 5.97 Å². The summed E-state index contributed by atoms with van der Waals surface area (Å²) in [6.07, 6.45) is 2.20. The largest absolute Gasteiger partial charge is 0.481 e. The number of aromatic nitrogens is 1. The minimum atomic E-state index is -0.814. The van der Waals surface area contributed by atoms with Crippen molar-refractivity contribution in [3.05, 3.63) is 15.6 Å². The molecule has 0 saturated heterocycles. The summed E-state index contributed by atoms with van der Waals surface area (Å²) < 4.78 is 0. The van der Waals surface area contributed by atoms with Crippen molar-refractivity contribution in [2.45, 2.75) is 33.1 Å². The molecule has 6 heteroatoms. The van der Waals surface area contributed by atoms with Gasteiger partial charge in [-0.15, -0.1) is 11.3 Å². The molecule has 1 aliphatic carbocycles. The number of nitrogens with zero attached hydrogens (tertiary/aromatic N) is 1. The normalized spacial score (nSPS) is 17.0. The molecule has 2 rings (SSSR count). The van der Waals surface area contributed by atoms with Crippen LogP contribution < -0.4 is 5.32 Å². The number of nitrogens with one attached hydrogen (secondary N) is 1. The van der Waals surface area contributed by atoms with E-state index in [1.54, 1.807) is 6.92 Å². The fourth-order valence-electron chi connectivity index (χ4n) is 2.14. The summed E-state index contributed by atoms with van der Waals surface area (Å²) >= 11 is 1.34. The molecular weight excluding hydrogens is 252 g/mol. The fraction of sp³-hybridized carbons (Fsp3) is 0.583. The van der Waals surface area contributed by atoms with Crippen LogP contribution >= 0.6 is 11.3 Å². The Morgan fingerprint density at radius 2 is 2.11 bits per heavy atom. The zero-order valence-electron chi connectivity index (χ0n) is 10.4. The van der Waals surface area contributed by atoms with E-state index in [1.165, 1.54) is 11.3 Å². The maximum absolute atomic E-state index is 12.0. The zero-order chi connectivity index (χ0) is 13.3. The molecule has 0 spiro atoms. The molecule has 1 heterocycles. The second-order valence-corrected chi connectivity index (χ2v) is 5.97. The van der Waals surface area contributed by atoms with Crippen LogP contribution in [-0.2, 0) is 4.79 Å². The number of carbonyl (C=O) groups excluding carboxylic acids is 1. The summed E-state index contributed by atoms with van der Waals surface area (Å²) in [4.78, 5) is 27.9. The van der Waals surface area contributed by atoms with E-state index in [9.17, 15) is 9.59 Å². The van der Waals surface area contributed by atoms with Crippen LogP contribution in [0.4, 0.5) is 0 Å². The summed E-state index contributed by atoms with van der Waals surface area (Å²) in [5, 5.41) is 12.7. The molecule has 18 heavy (non-hydrogen) atoms. The topological polar surface area (TPSA) is 79.3 Å². The molecule has 5 nitrogen and oxygen atoms in total. The fourth-order valence-corrected chi connectivity index (χ4v) is 2.98. The van der Waals surface area contributed by atoms with E-state index in [2.05, 4.69) is 10.3 Å². The lowest BCUT2D eigenvalue weighted by molar-refractivity contribution is -0.153. The van der Waals surface area contributed by atoms with Crippen molar-refractivity contribution in [1.29, 1.82) is 0 Å². The number of hydrogen-bond donors (Lipinski definition) is 2. The highest BCUT2D eigenvalue weighted by molar-refractivity contribution is 7.13. The number of rotatable bonds is 4. The van der Waals surface area contributed by atoms with Crippen LogP contribution in [0.5, 0.6) is 0 Å². The third kappa shape index (κ3) is 2.25. The lowest BCUT2D eigenvalue weighted by atomic mass is 9.69. The molecule has 98 valence electrons. The molecule has 1 aromatic heterocycles. The van der Waals surface area contributed by atoms with Gasteiger partial charge in [0.15, 0.2) is 0 Å². The molecule has 1 aliphatic rings. The lowest BCUT2D eigenvalue weighted by Gasteiger charge is -2.37. The van der Waals surface area contributed by atoms with Gasteiger partial charge in [0.1, 0.15) is 4.88 Å². The average Bonchev–Trinajstić information content (AvgIpc) is 2.55. The van der Waals surface area contributed by atoms with Gasteiger partial charge in [0.25, 0.3) is 5.91 Å². The van der Waals surface area contributed by atoms with Crippen LogP contribution in [0.1, 0.15) is 39.6 Å². The maximum atomic E-state index is 12.0. The highest BCUT2D eigenvalue weighted by Gasteiger charge is 2.44. The van der Waals surface area contributed by atoms with E-state index in [0.717, 1.165) is 11.4 Å². The van der Waals surface area contributed by atoms with E-state index < -0.39 is 11.4 Å². The molecule has 0 aromatic carbocycles. The predicted octanol–water partition coefficient (Wildman–Crippen LogP) is 1.74. The third-order valence-corrected chi connectivity index (χ3v) is 4.53. The number of aliphatic carboxylic acids is 1. The SMILES string of the molecule is Cc1nc(C)c(C(=O)NCC2(C(=O)O)CCC2)s1. The number of carboxylic acid groups (broad SMARTS) is 1. The molecule has 0 bridgehead atoms. The Labute approximate surface area is 109 Å². The van der Waals surface area contributed by atoms with Crippen LogP contribution in [0.2, 0.25) is 0 Å². The first-order valence-electron chi connectivity index (χ1n) is 5.90. The van der Waals surface area contributed by atoms with Crippen LogP contribution in [-0.4, -0.2) is 28.5 Å². The van der Waals surface area contributed by atoms with Gasteiger partial charge in [-0.1, -0.05) is 6.42 Å². The van der Waals surface area contributed by atoms with E-state index in [-0.39, 0.29) is 12.5 Å². The highest BCUT2D eigenvalue weighted by atomic mass is 32.1. The Morgan fingerprint density at radius 3 is 2.50 bits per heavy atom. The van der Waals surface area contributed by atoms with Gasteiger partial charge in [-0.05, 0) is 26.7 Å². The minimum absolute atomic E-state index is 0.206. The lowest BCUT2D eigenvalue weighted by Crippen LogP contribution is -2.47. The third-order valence-electron chi connectivity index (χ3n) is 3.46. The Balaban J connectivity index is 2.00. The maximum Gasteiger partial charge on any atom is 0.311 e. The van der Waals surface area contributed by atoms with E-state index in [4.69, 9.17) is 5.11 Å². The summed E-state index contributed by atoms with van der Waals surface area (Å²) in [5.74, 6) is -1.03. The number of carboxylic acids is 1. The van der Waals surface area contributed by atoms with Gasteiger partial charge < -0.3 is 10.4 Å². The van der Waals surface area contributed by atoms with Crippen LogP contribution in [0.15, 0.2) is 0 Å². The first kappa shape index (κ1) is 13.0. The van der Waals surface area contributed by atoms with Crippen molar-refractivity contribution < 1.29 is 14.7 Å². The van der Waals surface area contributed by atoms with Crippen molar-refractivity contribution >= 4 is 23.2 Å². The summed E-state index contributed by atoms with van der Waals surface area (Å²) in [7, 11) is 0. The smallest absolute Gasteiger partial charge is 0.311 e. The Kier molecular flexibility index (Phi) is 3.38. The monoisotopic (exact) mass is 268 g/mol. The minimum Gasteiger partial charge on any atom is -0.481 e. The number of carbonyl (C=O) groups is 2. The van der Waals surface area contributed by atoms with Gasteiger partial charge in [0.2, 0.25) is 0 Å². The van der Waals surface area contributed by atoms with Crippen molar-refractivity contribution in [1.82, 2.24) is 10.3 Å². The molecule has 1 fully saturated rings. The van der Waals surface area contributed by atoms with E-state index in [1.807, 2.05) is 6.92 Å². The standard InChI is InChI=1S/C12H16N2O3S/c1-7-9(18-8(2)14-7)10(15)13-6-12(11(16)17)4-3-5-12/h3-6H2,1-2H3,(H,13,15)(H,16,17). The molecule has 2 N–H and O–H groups in total. The number of aryl methyl sites for hydroxylation is 2. The molecule has 0 radical (unpaired) electrons. The second kappa shape index (κ2) is 4.68. The molecule has 1 aromatic rings. The van der Waals surface area contributed by atoms with Crippen molar-refractivity contribution in [2.24, 2.45) is 5.41 Å². The van der Waals surface area contributed by atoms with Crippen molar-refractivity contribution in [3.63, 3.8) is 0 Å². The van der Waals surface area contributed by atoms with Gasteiger partial charge in [-0.25, -0.2) is 4.98 Å². The van der Waals surface area contributed by atoms with Crippen LogP contribution in [0.25, 0.3) is 0 Å². The highest BCUT2D eigenvalue weighted by Crippen LogP contribution is 2.40. The zero-order valence-corrected chi connectivity index (χ0v) is 11.3. The molecule has 0 atom stereocenters. The molecule has 0 unspecified atom stereocenters. The summed E-state index contributed by atoms with van der Waals surface area (Å²) in [6, 6.07) is 0. The van der Waals surface area contributed by atoms with E-state index in [0.29, 0.717) is 23.4 Å². The molecule has 1 amide bonds. The Hall–Kier alpha value is -1.43. The molecule has 0 aliphatic heterocycles. The van der Waals surface area contributed by atoms with Crippen LogP contribution in [0.3, 0.4) is 0 Å². The summed E-state index contributed by atoms with van der Waals surface area (Å²) in [5.41, 5.74) is -0.0449. The van der Waals surface area contributed by atoms with Gasteiger partial charge in [0, 0.05) is 6.54 Å². The van der Waals surface area contributed by atoms with Gasteiger partial charge in [0.05, 0.1) is 16.1 Å². The number of hydrogen-bond acceptors (Lipinski definition) is 4. The van der Waals surface area contributed by atoms with Crippen molar-refractivity contribution in [3.8, 4) is 0 Å². The predicted molar refractivity (Wildman–Crippen MR) is 67.8 cm³/mol. The second-order valence-electron chi connectivity index (χ2n) is 4.77. The van der Waals surface area contributed by atoms with Crippen molar-refractivity contribution in [2.75, 3.05) is 6.54 Å². The quantitative estimate of drug-likeness (QED) is 0.871.